The van der Waals surface area contributed by atoms with Crippen LogP contribution in [-0.4, -0.2) is 39.0 Å². The molecule has 2 heterocycles. The molecule has 0 radical (unpaired) electrons. The Morgan fingerprint density at radius 2 is 1.75 bits per heavy atom. The van der Waals surface area contributed by atoms with Crippen LogP contribution in [0.1, 0.15) is 0 Å². The number of methoxy groups -OCH3 is 2. The molecule has 16 heavy (non-hydrogen) atoms. The molecule has 0 amide bonds. The highest BCUT2D eigenvalue weighted by Gasteiger charge is 2.09. The molecule has 2 rings (SSSR count). The molecule has 0 bridgehead atoms. The Morgan fingerprint density at radius 1 is 1.12 bits per heavy atom. The van der Waals surface area contributed by atoms with Gasteiger partial charge in [0, 0.05) is 12.3 Å². The van der Waals surface area contributed by atoms with Gasteiger partial charge < -0.3 is 15.2 Å². The topological polar surface area (TPSA) is 101 Å². The van der Waals surface area contributed by atoms with Gasteiger partial charge in [0.05, 0.1) is 14.2 Å². The van der Waals surface area contributed by atoms with Crippen molar-refractivity contribution >= 4 is 5.82 Å². The van der Waals surface area contributed by atoms with Crippen LogP contribution in [0.4, 0.5) is 5.82 Å². The summed E-state index contributed by atoms with van der Waals surface area (Å²) in [5.74, 6) is 0.652. The van der Waals surface area contributed by atoms with Gasteiger partial charge in [-0.2, -0.15) is 9.97 Å². The zero-order valence-corrected chi connectivity index (χ0v) is 8.78. The average Bonchev–Trinajstić information content (AvgIpc) is 2.75. The Kier molecular flexibility index (Phi) is 2.54. The zero-order valence-electron chi connectivity index (χ0n) is 8.78. The van der Waals surface area contributed by atoms with Gasteiger partial charge in [0.25, 0.3) is 5.95 Å². The Morgan fingerprint density at radius 3 is 2.19 bits per heavy atom. The minimum Gasteiger partial charge on any atom is -0.467 e. The first-order valence-electron chi connectivity index (χ1n) is 4.38. The molecule has 2 aromatic rings. The molecule has 0 aliphatic rings. The second kappa shape index (κ2) is 4.01. The van der Waals surface area contributed by atoms with Gasteiger partial charge >= 0.3 is 12.0 Å². The monoisotopic (exact) mass is 222 g/mol. The summed E-state index contributed by atoms with van der Waals surface area (Å²) >= 11 is 0. The molecule has 2 N–H and O–H groups in total. The number of nitrogens with zero attached hydrogens (tertiary/aromatic N) is 5. The average molecular weight is 222 g/mol. The van der Waals surface area contributed by atoms with Gasteiger partial charge in [-0.3, -0.25) is 0 Å². The number of ether oxygens (including phenoxy) is 2. The summed E-state index contributed by atoms with van der Waals surface area (Å²) in [6.07, 6.45) is 1.63. The van der Waals surface area contributed by atoms with Crippen molar-refractivity contribution in [2.75, 3.05) is 20.0 Å². The summed E-state index contributed by atoms with van der Waals surface area (Å²) in [7, 11) is 2.91. The second-order valence-corrected chi connectivity index (χ2v) is 2.79. The molecule has 8 heteroatoms. The van der Waals surface area contributed by atoms with Gasteiger partial charge in [0.15, 0.2) is 0 Å². The lowest BCUT2D eigenvalue weighted by Gasteiger charge is -2.04. The fourth-order valence-corrected chi connectivity index (χ4v) is 1.06. The van der Waals surface area contributed by atoms with E-state index in [1.807, 2.05) is 0 Å². The van der Waals surface area contributed by atoms with Crippen LogP contribution in [0.2, 0.25) is 0 Å². The third-order valence-electron chi connectivity index (χ3n) is 1.76. The first kappa shape index (κ1) is 10.1. The van der Waals surface area contributed by atoms with Crippen LogP contribution in [0.3, 0.4) is 0 Å². The molecule has 0 saturated heterocycles. The lowest BCUT2D eigenvalue weighted by molar-refractivity contribution is 0.338. The van der Waals surface area contributed by atoms with Crippen molar-refractivity contribution in [3.8, 4) is 18.0 Å². The third kappa shape index (κ3) is 1.85. The highest BCUT2D eigenvalue weighted by molar-refractivity contribution is 5.27. The van der Waals surface area contributed by atoms with E-state index in [4.69, 9.17) is 15.2 Å². The predicted octanol–water partition coefficient (Wildman–Crippen LogP) is -0.343. The molecule has 0 fully saturated rings. The van der Waals surface area contributed by atoms with Gasteiger partial charge in [0.1, 0.15) is 5.82 Å². The molecule has 0 spiro atoms. The highest BCUT2D eigenvalue weighted by Crippen LogP contribution is 2.11. The van der Waals surface area contributed by atoms with Crippen LogP contribution in [0.5, 0.6) is 12.0 Å². The van der Waals surface area contributed by atoms with Gasteiger partial charge in [-0.15, -0.1) is 10.1 Å². The van der Waals surface area contributed by atoms with E-state index in [9.17, 15) is 0 Å². The van der Waals surface area contributed by atoms with Crippen LogP contribution in [0.25, 0.3) is 5.95 Å². The van der Waals surface area contributed by atoms with Crippen molar-refractivity contribution < 1.29 is 9.47 Å². The summed E-state index contributed by atoms with van der Waals surface area (Å²) in [5.41, 5.74) is 5.49. The number of nitrogen functional groups attached to an aromatic ring is 1. The summed E-state index contributed by atoms with van der Waals surface area (Å²) in [4.78, 5) is 11.9. The van der Waals surface area contributed by atoms with Crippen LogP contribution >= 0.6 is 0 Å². The second-order valence-electron chi connectivity index (χ2n) is 2.79. The number of hydrogen-bond acceptors (Lipinski definition) is 7. The van der Waals surface area contributed by atoms with Crippen molar-refractivity contribution in [1.29, 1.82) is 0 Å². The maximum atomic E-state index is 5.49. The summed E-state index contributed by atoms with van der Waals surface area (Å²) in [5, 5.41) is 3.96. The quantitative estimate of drug-likeness (QED) is 0.757. The van der Waals surface area contributed by atoms with E-state index >= 15 is 0 Å². The smallest absolute Gasteiger partial charge is 0.324 e. The first-order valence-corrected chi connectivity index (χ1v) is 4.38. The Bertz CT molecular complexity index is 475. The van der Waals surface area contributed by atoms with Crippen LogP contribution in [-0.2, 0) is 0 Å². The van der Waals surface area contributed by atoms with E-state index in [1.165, 1.54) is 18.9 Å². The molecule has 0 aromatic carbocycles. The van der Waals surface area contributed by atoms with Gasteiger partial charge in [-0.1, -0.05) is 0 Å². The maximum Gasteiger partial charge on any atom is 0.324 e. The summed E-state index contributed by atoms with van der Waals surface area (Å²) in [6.45, 7) is 0. The molecule has 0 aliphatic carbocycles. The van der Waals surface area contributed by atoms with E-state index in [1.54, 1.807) is 12.3 Å². The lowest BCUT2D eigenvalue weighted by Crippen LogP contribution is -2.07. The van der Waals surface area contributed by atoms with Crippen molar-refractivity contribution in [3.05, 3.63) is 12.3 Å². The lowest BCUT2D eigenvalue weighted by atomic mass is 10.7. The minimum atomic E-state index is 0.149. The predicted molar refractivity (Wildman–Crippen MR) is 54.5 cm³/mol. The minimum absolute atomic E-state index is 0.149. The van der Waals surface area contributed by atoms with E-state index < -0.39 is 0 Å². The van der Waals surface area contributed by atoms with E-state index in [0.29, 0.717) is 5.82 Å². The summed E-state index contributed by atoms with van der Waals surface area (Å²) in [6, 6.07) is 1.93. The Labute approximate surface area is 91.1 Å². The zero-order chi connectivity index (χ0) is 11.5. The maximum absolute atomic E-state index is 5.49. The molecule has 2 aromatic heterocycles. The van der Waals surface area contributed by atoms with Crippen LogP contribution in [0.15, 0.2) is 12.3 Å². The van der Waals surface area contributed by atoms with Crippen molar-refractivity contribution in [2.45, 2.75) is 0 Å². The van der Waals surface area contributed by atoms with Crippen molar-refractivity contribution in [2.24, 2.45) is 0 Å². The first-order chi connectivity index (χ1) is 7.72. The van der Waals surface area contributed by atoms with Gasteiger partial charge in [-0.25, -0.2) is 4.68 Å². The van der Waals surface area contributed by atoms with Crippen molar-refractivity contribution in [1.82, 2.24) is 24.7 Å². The van der Waals surface area contributed by atoms with E-state index in [0.717, 1.165) is 0 Å². The van der Waals surface area contributed by atoms with Crippen LogP contribution < -0.4 is 15.2 Å². The van der Waals surface area contributed by atoms with E-state index in [2.05, 4.69) is 20.1 Å². The Hall–Kier alpha value is -2.38. The third-order valence-corrected chi connectivity index (χ3v) is 1.76. The fourth-order valence-electron chi connectivity index (χ4n) is 1.06. The molecule has 0 saturated carbocycles. The highest BCUT2D eigenvalue weighted by atomic mass is 16.5. The van der Waals surface area contributed by atoms with Crippen LogP contribution in [0, 0.1) is 0 Å². The Balaban J connectivity index is 2.47. The molecule has 0 aliphatic heterocycles. The molecule has 8 nitrogen and oxygen atoms in total. The summed E-state index contributed by atoms with van der Waals surface area (Å²) < 4.78 is 11.2. The van der Waals surface area contributed by atoms with Gasteiger partial charge in [-0.05, 0) is 0 Å². The number of aromatic nitrogens is 5. The molecule has 0 unspecified atom stereocenters. The van der Waals surface area contributed by atoms with Gasteiger partial charge in [0.2, 0.25) is 0 Å². The number of hydrogen-bond donors (Lipinski definition) is 1. The molecule has 0 atom stereocenters. The molecular formula is C8H10N6O2. The van der Waals surface area contributed by atoms with E-state index in [-0.39, 0.29) is 18.0 Å². The fraction of sp³-hybridized carbons (Fsp3) is 0.250. The molecular weight excluding hydrogens is 212 g/mol. The normalized spacial score (nSPS) is 10.1. The number of nitrogens with two attached hydrogens (primary N) is 1. The number of rotatable bonds is 3. The largest absolute Gasteiger partial charge is 0.467 e. The molecule has 84 valence electrons. The standard InChI is InChI=1S/C8H10N6O2/c1-15-7-10-6(11-8(12-7)16-2)14-4-3-5(9)13-14/h3-4H,1-2H3,(H2,9,13). The van der Waals surface area contributed by atoms with Crippen molar-refractivity contribution in [3.63, 3.8) is 0 Å². The SMILES string of the molecule is COc1nc(OC)nc(-n2ccc(N)n2)n1. The number of anilines is 1.